The second-order valence-corrected chi connectivity index (χ2v) is 14.7. The van der Waals surface area contributed by atoms with Crippen LogP contribution in [-0.4, -0.2) is 16.5 Å². The summed E-state index contributed by atoms with van der Waals surface area (Å²) < 4.78 is 34.2. The van der Waals surface area contributed by atoms with Crippen LogP contribution in [0, 0.1) is 0 Å². The summed E-state index contributed by atoms with van der Waals surface area (Å²) in [6, 6.07) is 50.7. The number of oxazole rings is 1. The van der Waals surface area contributed by atoms with Crippen LogP contribution in [0.1, 0.15) is 34.3 Å². The third-order valence-electron chi connectivity index (χ3n) is 10.4. The molecular formula is C48H31NO5S. The van der Waals surface area contributed by atoms with Crippen LogP contribution >= 0.6 is 11.8 Å². The standard InChI is InChI=1S/C48H31NO5S/c1-2-16-31(17-3-1)51-48-43(41-33-19-7-11-23-37(33)53-38-24-12-8-20-34(38)41)42(40-27-26-29-14-5-10-22-36(29)52-40)44(47-49-35-21-9-13-25-39(35)54-47)46(55-48)45-32-18-6-4-15-30(32)28-50-45/h1-28,40-41,48H. The predicted molar refractivity (Wildman–Crippen MR) is 217 cm³/mol. The minimum atomic E-state index is -0.559. The van der Waals surface area contributed by atoms with Crippen molar-refractivity contribution in [2.24, 2.45) is 0 Å². The maximum Gasteiger partial charge on any atom is 0.229 e. The molecule has 0 amide bonds. The van der Waals surface area contributed by atoms with Gasteiger partial charge >= 0.3 is 0 Å². The maximum atomic E-state index is 7.18. The van der Waals surface area contributed by atoms with Crippen molar-refractivity contribution in [3.05, 3.63) is 203 Å². The lowest BCUT2D eigenvalue weighted by atomic mass is 9.77. The Morgan fingerprint density at radius 2 is 1.35 bits per heavy atom. The highest BCUT2D eigenvalue weighted by molar-refractivity contribution is 8.09. The molecule has 0 saturated heterocycles. The first-order valence-electron chi connectivity index (χ1n) is 18.3. The Bertz CT molecular complexity index is 2790. The molecule has 5 heterocycles. The zero-order valence-corrected chi connectivity index (χ0v) is 30.1. The third-order valence-corrected chi connectivity index (χ3v) is 11.6. The van der Waals surface area contributed by atoms with E-state index in [2.05, 4.69) is 54.6 Å². The van der Waals surface area contributed by atoms with E-state index in [-0.39, 0.29) is 5.92 Å². The van der Waals surface area contributed by atoms with Gasteiger partial charge in [0.05, 0.1) is 16.7 Å². The van der Waals surface area contributed by atoms with Crippen LogP contribution in [-0.2, 0) is 0 Å². The molecule has 7 heteroatoms. The van der Waals surface area contributed by atoms with E-state index in [4.69, 9.17) is 28.0 Å². The van der Waals surface area contributed by atoms with Gasteiger partial charge in [-0.05, 0) is 48.5 Å². The molecule has 11 rings (SSSR count). The number of thioether (sulfide) groups is 1. The quantitative estimate of drug-likeness (QED) is 0.168. The zero-order valence-electron chi connectivity index (χ0n) is 29.3. The van der Waals surface area contributed by atoms with Crippen LogP contribution in [0.25, 0.3) is 38.4 Å². The van der Waals surface area contributed by atoms with Crippen molar-refractivity contribution in [3.8, 4) is 23.0 Å². The minimum absolute atomic E-state index is 0.291. The molecule has 0 aliphatic carbocycles. The first-order chi connectivity index (χ1) is 27.3. The van der Waals surface area contributed by atoms with Crippen LogP contribution < -0.4 is 14.2 Å². The van der Waals surface area contributed by atoms with Gasteiger partial charge in [-0.1, -0.05) is 127 Å². The molecule has 6 nitrogen and oxygen atoms in total. The Morgan fingerprint density at radius 3 is 2.16 bits per heavy atom. The van der Waals surface area contributed by atoms with Gasteiger partial charge in [-0.15, -0.1) is 0 Å². The van der Waals surface area contributed by atoms with Crippen LogP contribution in [0.2, 0.25) is 0 Å². The molecule has 0 saturated carbocycles. The van der Waals surface area contributed by atoms with E-state index < -0.39 is 11.5 Å². The zero-order chi connectivity index (χ0) is 36.3. The molecule has 264 valence electrons. The summed E-state index contributed by atoms with van der Waals surface area (Å²) in [6.45, 7) is 0. The fraction of sp³-hybridized carbons (Fsp3) is 0.0625. The number of furan rings is 1. The summed E-state index contributed by atoms with van der Waals surface area (Å²) >= 11 is 1.60. The average Bonchev–Trinajstić information content (AvgIpc) is 3.88. The summed E-state index contributed by atoms with van der Waals surface area (Å²) in [5.41, 5.74) is 6.65. The van der Waals surface area contributed by atoms with Gasteiger partial charge in [0, 0.05) is 44.5 Å². The van der Waals surface area contributed by atoms with Crippen LogP contribution in [0.3, 0.4) is 0 Å². The van der Waals surface area contributed by atoms with Gasteiger partial charge in [-0.3, -0.25) is 0 Å². The Balaban J connectivity index is 1.28. The Hall–Kier alpha value is -6.70. The fourth-order valence-corrected chi connectivity index (χ4v) is 9.29. The van der Waals surface area contributed by atoms with E-state index >= 15 is 0 Å². The number of rotatable bonds is 6. The van der Waals surface area contributed by atoms with E-state index in [9.17, 15) is 0 Å². The van der Waals surface area contributed by atoms with E-state index in [1.54, 1.807) is 11.8 Å². The Kier molecular flexibility index (Phi) is 7.52. The molecule has 0 spiro atoms. The number of hydrogen-bond donors (Lipinski definition) is 0. The molecule has 55 heavy (non-hydrogen) atoms. The van der Waals surface area contributed by atoms with Crippen molar-refractivity contribution >= 4 is 50.2 Å². The molecular weight excluding hydrogens is 703 g/mol. The summed E-state index contributed by atoms with van der Waals surface area (Å²) in [7, 11) is 0. The van der Waals surface area contributed by atoms with Gasteiger partial charge in [-0.25, -0.2) is 4.98 Å². The molecule has 2 aromatic heterocycles. The van der Waals surface area contributed by atoms with Gasteiger partial charge in [0.1, 0.15) is 40.4 Å². The van der Waals surface area contributed by atoms with Crippen molar-refractivity contribution in [2.45, 2.75) is 17.5 Å². The highest BCUT2D eigenvalue weighted by Crippen LogP contribution is 2.58. The summed E-state index contributed by atoms with van der Waals surface area (Å²) in [4.78, 5) is 6.03. The van der Waals surface area contributed by atoms with Crippen molar-refractivity contribution in [3.63, 3.8) is 0 Å². The van der Waals surface area contributed by atoms with Crippen molar-refractivity contribution in [1.29, 1.82) is 0 Å². The lowest BCUT2D eigenvalue weighted by Crippen LogP contribution is -2.33. The fourth-order valence-electron chi connectivity index (χ4n) is 7.95. The summed E-state index contributed by atoms with van der Waals surface area (Å²) in [5, 5.41) is 1.97. The highest BCUT2D eigenvalue weighted by atomic mass is 32.2. The van der Waals surface area contributed by atoms with Crippen LogP contribution in [0.4, 0.5) is 0 Å². The molecule has 0 fully saturated rings. The smallest absolute Gasteiger partial charge is 0.229 e. The van der Waals surface area contributed by atoms with Crippen molar-refractivity contribution in [1.82, 2.24) is 4.98 Å². The average molecular weight is 734 g/mol. The second-order valence-electron chi connectivity index (χ2n) is 13.6. The molecule has 2 atom stereocenters. The topological polar surface area (TPSA) is 66.9 Å². The third kappa shape index (κ3) is 5.38. The molecule has 6 aromatic carbocycles. The van der Waals surface area contributed by atoms with E-state index in [1.165, 1.54) is 0 Å². The van der Waals surface area contributed by atoms with Gasteiger partial charge in [0.25, 0.3) is 0 Å². The van der Waals surface area contributed by atoms with Gasteiger partial charge in [0.15, 0.2) is 11.0 Å². The molecule has 0 radical (unpaired) electrons. The number of nitrogens with zero attached hydrogens (tertiary/aromatic N) is 1. The monoisotopic (exact) mass is 733 g/mol. The Labute approximate surface area is 321 Å². The van der Waals surface area contributed by atoms with Gasteiger partial charge in [-0.2, -0.15) is 0 Å². The van der Waals surface area contributed by atoms with E-state index in [1.807, 2.05) is 115 Å². The maximum absolute atomic E-state index is 7.18. The molecule has 8 aromatic rings. The van der Waals surface area contributed by atoms with Crippen molar-refractivity contribution < 1.29 is 23.0 Å². The molecule has 3 aliphatic rings. The van der Waals surface area contributed by atoms with Crippen LogP contribution in [0.5, 0.6) is 23.0 Å². The largest absolute Gasteiger partial charge is 0.481 e. The number of fused-ring (bicyclic) bond motifs is 5. The van der Waals surface area contributed by atoms with E-state index in [0.29, 0.717) is 17.2 Å². The molecule has 0 bridgehead atoms. The molecule has 0 N–H and O–H groups in total. The van der Waals surface area contributed by atoms with E-state index in [0.717, 1.165) is 77.6 Å². The summed E-state index contributed by atoms with van der Waals surface area (Å²) in [6.07, 6.45) is 5.52. The number of para-hydroxylation sites is 6. The predicted octanol–water partition coefficient (Wildman–Crippen LogP) is 12.3. The highest BCUT2D eigenvalue weighted by Gasteiger charge is 2.45. The van der Waals surface area contributed by atoms with Gasteiger partial charge in [0.2, 0.25) is 5.89 Å². The normalized spacial score (nSPS) is 17.7. The second kappa shape index (κ2) is 13.0. The Morgan fingerprint density at radius 1 is 0.655 bits per heavy atom. The lowest BCUT2D eigenvalue weighted by Gasteiger charge is -2.39. The minimum Gasteiger partial charge on any atom is -0.481 e. The summed E-state index contributed by atoms with van der Waals surface area (Å²) in [5.74, 6) is 4.01. The van der Waals surface area contributed by atoms with Crippen LogP contribution in [0.15, 0.2) is 184 Å². The van der Waals surface area contributed by atoms with Crippen molar-refractivity contribution in [2.75, 3.05) is 0 Å². The number of hydrogen-bond acceptors (Lipinski definition) is 7. The lowest BCUT2D eigenvalue weighted by molar-refractivity contribution is 0.272. The SMILES string of the molecule is C1=CC(C2=C(C3c4ccccc4Oc4ccccc43)C(Oc3ccccc3)SC(c3occ4ccccc34)=C2c2nc3ccccc3o2)Oc2ccccc21. The molecule has 2 unspecified atom stereocenters. The van der Waals surface area contributed by atoms with Gasteiger partial charge < -0.3 is 23.0 Å². The number of aromatic nitrogens is 1. The molecule has 3 aliphatic heterocycles. The first kappa shape index (κ1) is 31.8. The number of ether oxygens (including phenoxy) is 3. The number of benzene rings is 6. The first-order valence-corrected chi connectivity index (χ1v) is 19.1.